The van der Waals surface area contributed by atoms with Crippen molar-refractivity contribution in [2.75, 3.05) is 0 Å². The highest BCUT2D eigenvalue weighted by atomic mass is 16.4. The van der Waals surface area contributed by atoms with Crippen molar-refractivity contribution in [2.45, 2.75) is 13.3 Å². The van der Waals surface area contributed by atoms with Gasteiger partial charge in [-0.15, -0.1) is 10.2 Å². The van der Waals surface area contributed by atoms with Crippen molar-refractivity contribution in [3.63, 3.8) is 0 Å². The molecule has 0 aliphatic heterocycles. The van der Waals surface area contributed by atoms with Crippen molar-refractivity contribution in [2.24, 2.45) is 0 Å². The molecule has 7 nitrogen and oxygen atoms in total. The molecule has 0 aliphatic carbocycles. The minimum Gasteiger partial charge on any atom is -0.481 e. The summed E-state index contributed by atoms with van der Waals surface area (Å²) in [6.45, 7) is 1.69. The molecule has 0 unspecified atom stereocenters. The number of nitrogens with zero attached hydrogens (tertiary/aromatic N) is 5. The SMILES string of the molecule is Cc1nc(CC(=O)O)c2nncn2n1. The topological polar surface area (TPSA) is 93.3 Å². The Morgan fingerprint density at radius 2 is 2.43 bits per heavy atom. The molecule has 2 aromatic rings. The fourth-order valence-electron chi connectivity index (χ4n) is 1.18. The van der Waals surface area contributed by atoms with Gasteiger partial charge in [0.15, 0.2) is 5.65 Å². The lowest BCUT2D eigenvalue weighted by Crippen LogP contribution is -2.08. The van der Waals surface area contributed by atoms with E-state index >= 15 is 0 Å². The molecule has 0 atom stereocenters. The number of hydrogen-bond acceptors (Lipinski definition) is 5. The van der Waals surface area contributed by atoms with E-state index in [-0.39, 0.29) is 6.42 Å². The number of aliphatic carboxylic acids is 1. The van der Waals surface area contributed by atoms with Gasteiger partial charge in [0.1, 0.15) is 17.8 Å². The third kappa shape index (κ3) is 1.39. The standard InChI is InChI=1S/C7H7N5O2/c1-4-9-5(2-6(13)14)7-10-8-3-12(7)11-4/h3H,2H2,1H3,(H,13,14). The van der Waals surface area contributed by atoms with E-state index in [0.717, 1.165) is 0 Å². The Balaban J connectivity index is 2.60. The summed E-state index contributed by atoms with van der Waals surface area (Å²) in [5, 5.41) is 20.0. The first-order valence-electron chi connectivity index (χ1n) is 3.92. The molecule has 0 saturated carbocycles. The first-order chi connectivity index (χ1) is 6.66. The van der Waals surface area contributed by atoms with Crippen molar-refractivity contribution in [3.05, 3.63) is 17.8 Å². The van der Waals surface area contributed by atoms with Crippen LogP contribution in [-0.2, 0) is 11.2 Å². The third-order valence-corrected chi connectivity index (χ3v) is 1.66. The van der Waals surface area contributed by atoms with Crippen LogP contribution in [0, 0.1) is 6.92 Å². The molecule has 2 rings (SSSR count). The van der Waals surface area contributed by atoms with Gasteiger partial charge in [0.05, 0.1) is 6.42 Å². The van der Waals surface area contributed by atoms with Crippen molar-refractivity contribution in [3.8, 4) is 0 Å². The van der Waals surface area contributed by atoms with Crippen LogP contribution in [0.3, 0.4) is 0 Å². The first kappa shape index (κ1) is 8.54. The maximum absolute atomic E-state index is 10.5. The molecule has 0 aromatic carbocycles. The maximum atomic E-state index is 10.5. The Bertz CT molecular complexity index is 492. The first-order valence-corrected chi connectivity index (χ1v) is 3.92. The van der Waals surface area contributed by atoms with Gasteiger partial charge in [-0.1, -0.05) is 0 Å². The second-order valence-electron chi connectivity index (χ2n) is 2.78. The average Bonchev–Trinajstić information content (AvgIpc) is 2.50. The summed E-state index contributed by atoms with van der Waals surface area (Å²) in [4.78, 5) is 14.5. The summed E-state index contributed by atoms with van der Waals surface area (Å²) in [7, 11) is 0. The Hall–Kier alpha value is -2.05. The van der Waals surface area contributed by atoms with Crippen LogP contribution in [0.1, 0.15) is 11.5 Å². The zero-order valence-corrected chi connectivity index (χ0v) is 7.38. The van der Waals surface area contributed by atoms with Gasteiger partial charge < -0.3 is 5.11 Å². The zero-order chi connectivity index (χ0) is 10.1. The fraction of sp³-hybridized carbons (Fsp3) is 0.286. The molecule has 14 heavy (non-hydrogen) atoms. The lowest BCUT2D eigenvalue weighted by Gasteiger charge is -1.99. The van der Waals surface area contributed by atoms with E-state index in [1.165, 1.54) is 10.8 Å². The number of hydrogen-bond donors (Lipinski definition) is 1. The van der Waals surface area contributed by atoms with Gasteiger partial charge in [0.25, 0.3) is 0 Å². The molecule has 2 aromatic heterocycles. The minimum atomic E-state index is -0.951. The Labute approximate surface area is 78.4 Å². The number of carbonyl (C=O) groups is 1. The number of aromatic nitrogens is 5. The summed E-state index contributed by atoms with van der Waals surface area (Å²) in [5.74, 6) is -0.457. The van der Waals surface area contributed by atoms with Crippen LogP contribution in [0.2, 0.25) is 0 Å². The number of carboxylic acid groups (broad SMARTS) is 1. The summed E-state index contributed by atoms with van der Waals surface area (Å²) < 4.78 is 1.42. The Morgan fingerprint density at radius 1 is 1.64 bits per heavy atom. The predicted octanol–water partition coefficient (Wildman–Crippen LogP) is -0.545. The molecule has 2 heterocycles. The van der Waals surface area contributed by atoms with Crippen LogP contribution in [0.25, 0.3) is 5.65 Å². The molecular formula is C7H7N5O2. The molecular weight excluding hydrogens is 186 g/mol. The molecule has 0 radical (unpaired) electrons. The molecule has 0 fully saturated rings. The molecule has 72 valence electrons. The molecule has 0 aliphatic rings. The highest BCUT2D eigenvalue weighted by Crippen LogP contribution is 2.04. The van der Waals surface area contributed by atoms with Crippen molar-refractivity contribution < 1.29 is 9.90 Å². The van der Waals surface area contributed by atoms with Gasteiger partial charge >= 0.3 is 5.97 Å². The highest BCUT2D eigenvalue weighted by Gasteiger charge is 2.10. The summed E-state index contributed by atoms with van der Waals surface area (Å²) in [6, 6.07) is 0. The van der Waals surface area contributed by atoms with Crippen LogP contribution < -0.4 is 0 Å². The largest absolute Gasteiger partial charge is 0.481 e. The van der Waals surface area contributed by atoms with Gasteiger partial charge in [0, 0.05) is 0 Å². The molecule has 0 saturated heterocycles. The second kappa shape index (κ2) is 3.02. The van der Waals surface area contributed by atoms with Gasteiger partial charge in [-0.3, -0.25) is 4.79 Å². The number of aryl methyl sites for hydroxylation is 1. The fourth-order valence-corrected chi connectivity index (χ4v) is 1.18. The lowest BCUT2D eigenvalue weighted by atomic mass is 10.3. The van der Waals surface area contributed by atoms with Crippen LogP contribution in [0.15, 0.2) is 6.33 Å². The zero-order valence-electron chi connectivity index (χ0n) is 7.38. The van der Waals surface area contributed by atoms with Crippen molar-refractivity contribution in [1.82, 2.24) is 24.8 Å². The highest BCUT2D eigenvalue weighted by molar-refractivity contribution is 5.71. The Kier molecular flexibility index (Phi) is 1.84. The van der Waals surface area contributed by atoms with Gasteiger partial charge in [-0.2, -0.15) is 9.61 Å². The summed E-state index contributed by atoms with van der Waals surface area (Å²) in [6.07, 6.45) is 1.24. The van der Waals surface area contributed by atoms with Crippen LogP contribution >= 0.6 is 0 Å². The third-order valence-electron chi connectivity index (χ3n) is 1.66. The maximum Gasteiger partial charge on any atom is 0.309 e. The molecule has 1 N–H and O–H groups in total. The Morgan fingerprint density at radius 3 is 3.14 bits per heavy atom. The van der Waals surface area contributed by atoms with Crippen LogP contribution in [-0.4, -0.2) is 35.9 Å². The molecule has 7 heteroatoms. The number of fused-ring (bicyclic) bond motifs is 1. The van der Waals surface area contributed by atoms with Gasteiger partial charge in [0.2, 0.25) is 0 Å². The summed E-state index contributed by atoms with van der Waals surface area (Å²) >= 11 is 0. The molecule has 0 bridgehead atoms. The van der Waals surface area contributed by atoms with E-state index in [4.69, 9.17) is 5.11 Å². The smallest absolute Gasteiger partial charge is 0.309 e. The van der Waals surface area contributed by atoms with E-state index in [1.807, 2.05) is 0 Å². The lowest BCUT2D eigenvalue weighted by molar-refractivity contribution is -0.136. The van der Waals surface area contributed by atoms with E-state index < -0.39 is 5.97 Å². The van der Waals surface area contributed by atoms with Crippen LogP contribution in [0.5, 0.6) is 0 Å². The number of carboxylic acids is 1. The molecule has 0 amide bonds. The van der Waals surface area contributed by atoms with E-state index in [0.29, 0.717) is 17.2 Å². The summed E-state index contributed by atoms with van der Waals surface area (Å²) in [5.41, 5.74) is 0.764. The van der Waals surface area contributed by atoms with Crippen LogP contribution in [0.4, 0.5) is 0 Å². The van der Waals surface area contributed by atoms with E-state index in [1.54, 1.807) is 6.92 Å². The van der Waals surface area contributed by atoms with Gasteiger partial charge in [-0.25, -0.2) is 4.98 Å². The van der Waals surface area contributed by atoms with Crippen molar-refractivity contribution >= 4 is 11.6 Å². The van der Waals surface area contributed by atoms with Gasteiger partial charge in [-0.05, 0) is 6.92 Å². The van der Waals surface area contributed by atoms with E-state index in [2.05, 4.69) is 20.3 Å². The van der Waals surface area contributed by atoms with E-state index in [9.17, 15) is 4.79 Å². The monoisotopic (exact) mass is 193 g/mol. The molecule has 0 spiro atoms. The van der Waals surface area contributed by atoms with Crippen molar-refractivity contribution in [1.29, 1.82) is 0 Å². The minimum absolute atomic E-state index is 0.175. The quantitative estimate of drug-likeness (QED) is 0.688. The second-order valence-corrected chi connectivity index (χ2v) is 2.78. The predicted molar refractivity (Wildman–Crippen MR) is 44.7 cm³/mol. The average molecular weight is 193 g/mol. The number of rotatable bonds is 2. The normalized spacial score (nSPS) is 10.6.